The summed E-state index contributed by atoms with van der Waals surface area (Å²) in [5, 5.41) is 22.0. The van der Waals surface area contributed by atoms with Gasteiger partial charge in [-0.3, -0.25) is 0 Å². The van der Waals surface area contributed by atoms with Gasteiger partial charge in [0.15, 0.2) is 5.16 Å². The van der Waals surface area contributed by atoms with Crippen molar-refractivity contribution in [2.24, 2.45) is 0 Å². The number of aliphatic hydroxyl groups excluding tert-OH is 2. The van der Waals surface area contributed by atoms with E-state index in [1.807, 2.05) is 4.90 Å². The van der Waals surface area contributed by atoms with Crippen molar-refractivity contribution in [2.75, 3.05) is 42.2 Å². The van der Waals surface area contributed by atoms with E-state index in [-0.39, 0.29) is 6.61 Å². The summed E-state index contributed by atoms with van der Waals surface area (Å²) in [6.07, 6.45) is 0.216. The minimum Gasteiger partial charge on any atom is -0.394 e. The average molecular weight is 315 g/mol. The highest BCUT2D eigenvalue weighted by Crippen LogP contribution is 2.19. The van der Waals surface area contributed by atoms with Crippen molar-refractivity contribution in [1.29, 1.82) is 0 Å². The number of anilines is 2. The van der Waals surface area contributed by atoms with E-state index in [1.54, 1.807) is 0 Å². The molecule has 0 aliphatic carbocycles. The van der Waals surface area contributed by atoms with Gasteiger partial charge in [-0.15, -0.1) is 0 Å². The molecule has 0 aliphatic heterocycles. The van der Waals surface area contributed by atoms with Gasteiger partial charge in [-0.05, 0) is 20.3 Å². The van der Waals surface area contributed by atoms with Crippen LogP contribution in [-0.2, 0) is 0 Å². The lowest BCUT2D eigenvalue weighted by molar-refractivity contribution is 0.113. The zero-order valence-electron chi connectivity index (χ0n) is 12.9. The van der Waals surface area contributed by atoms with E-state index < -0.39 is 6.10 Å². The Balaban J connectivity index is 2.91. The molecule has 1 heterocycles. The quantitative estimate of drug-likeness (QED) is 0.550. The summed E-state index contributed by atoms with van der Waals surface area (Å²) in [5.41, 5.74) is 0. The number of nitrogens with one attached hydrogen (secondary N) is 1. The van der Waals surface area contributed by atoms with Gasteiger partial charge in [-0.25, -0.2) is 0 Å². The number of rotatable bonds is 10. The van der Waals surface area contributed by atoms with Crippen molar-refractivity contribution >= 4 is 23.7 Å². The molecule has 0 spiro atoms. The average Bonchev–Trinajstić information content (AvgIpc) is 2.51. The molecule has 0 aromatic carbocycles. The molecule has 1 rings (SSSR count). The Labute approximate surface area is 130 Å². The molecule has 0 aliphatic rings. The Bertz CT molecular complexity index is 418. The van der Waals surface area contributed by atoms with Crippen molar-refractivity contribution in [3.05, 3.63) is 0 Å². The maximum absolute atomic E-state index is 9.43. The van der Waals surface area contributed by atoms with Crippen LogP contribution in [0.4, 0.5) is 11.9 Å². The third-order valence-corrected chi connectivity index (χ3v) is 3.79. The van der Waals surface area contributed by atoms with Crippen LogP contribution in [0.3, 0.4) is 0 Å². The highest BCUT2D eigenvalue weighted by Gasteiger charge is 2.12. The lowest BCUT2D eigenvalue weighted by Gasteiger charge is -2.19. The number of nitrogens with zero attached hydrogens (tertiary/aromatic N) is 4. The molecule has 8 heteroatoms. The minimum absolute atomic E-state index is 0.262. The summed E-state index contributed by atoms with van der Waals surface area (Å²) in [6, 6.07) is 0. The summed E-state index contributed by atoms with van der Waals surface area (Å²) in [5.74, 6) is 1.54. The molecule has 0 saturated carbocycles. The van der Waals surface area contributed by atoms with Crippen molar-refractivity contribution in [3.8, 4) is 0 Å². The Morgan fingerprint density at radius 1 is 1.19 bits per heavy atom. The third kappa shape index (κ3) is 6.03. The molecule has 0 saturated heterocycles. The van der Waals surface area contributed by atoms with Crippen LogP contribution in [0.1, 0.15) is 27.2 Å². The Kier molecular flexibility index (Phi) is 8.33. The molecule has 21 heavy (non-hydrogen) atoms. The number of thioether (sulfide) groups is 1. The molecular formula is C13H25N5O2S. The molecule has 0 radical (unpaired) electrons. The summed E-state index contributed by atoms with van der Waals surface area (Å²) in [7, 11) is 0. The summed E-state index contributed by atoms with van der Waals surface area (Å²) >= 11 is 1.31. The van der Waals surface area contributed by atoms with Gasteiger partial charge in [0.25, 0.3) is 0 Å². The van der Waals surface area contributed by atoms with Crippen LogP contribution in [0, 0.1) is 0 Å². The normalized spacial score (nSPS) is 12.2. The lowest BCUT2D eigenvalue weighted by Crippen LogP contribution is -2.25. The van der Waals surface area contributed by atoms with Gasteiger partial charge >= 0.3 is 0 Å². The first-order chi connectivity index (χ1) is 10.1. The van der Waals surface area contributed by atoms with Crippen LogP contribution < -0.4 is 10.2 Å². The Hall–Kier alpha value is -1.12. The molecule has 3 N–H and O–H groups in total. The fourth-order valence-corrected chi connectivity index (χ4v) is 2.34. The van der Waals surface area contributed by atoms with E-state index in [9.17, 15) is 5.11 Å². The molecule has 1 aromatic heterocycles. The van der Waals surface area contributed by atoms with Gasteiger partial charge in [-0.2, -0.15) is 15.0 Å². The smallest absolute Gasteiger partial charge is 0.231 e. The van der Waals surface area contributed by atoms with E-state index in [1.165, 1.54) is 11.8 Å². The van der Waals surface area contributed by atoms with Crippen molar-refractivity contribution in [3.63, 3.8) is 0 Å². The molecular weight excluding hydrogens is 290 g/mol. The van der Waals surface area contributed by atoms with Crippen LogP contribution in [0.15, 0.2) is 5.16 Å². The largest absolute Gasteiger partial charge is 0.394 e. The van der Waals surface area contributed by atoms with E-state index in [2.05, 4.69) is 41.0 Å². The second kappa shape index (κ2) is 9.75. The molecule has 0 amide bonds. The van der Waals surface area contributed by atoms with E-state index in [0.717, 1.165) is 26.1 Å². The fraction of sp³-hybridized carbons (Fsp3) is 0.769. The van der Waals surface area contributed by atoms with Gasteiger partial charge in [0.05, 0.1) is 12.7 Å². The van der Waals surface area contributed by atoms with Gasteiger partial charge in [0.1, 0.15) is 0 Å². The van der Waals surface area contributed by atoms with Gasteiger partial charge in [-0.1, -0.05) is 18.7 Å². The second-order valence-electron chi connectivity index (χ2n) is 4.49. The predicted octanol–water partition coefficient (Wildman–Crippen LogP) is 0.985. The summed E-state index contributed by atoms with van der Waals surface area (Å²) < 4.78 is 0. The SMILES string of the molecule is CCCNc1nc(SCC(O)CO)nc(N(CC)CC)n1. The zero-order valence-corrected chi connectivity index (χ0v) is 13.7. The zero-order chi connectivity index (χ0) is 15.7. The van der Waals surface area contributed by atoms with Gasteiger partial charge < -0.3 is 20.4 Å². The van der Waals surface area contributed by atoms with E-state index in [4.69, 9.17) is 5.11 Å². The van der Waals surface area contributed by atoms with Crippen LogP contribution in [0.5, 0.6) is 0 Å². The molecule has 0 fully saturated rings. The summed E-state index contributed by atoms with van der Waals surface area (Å²) in [6.45, 7) is 8.34. The lowest BCUT2D eigenvalue weighted by atomic mass is 10.4. The Morgan fingerprint density at radius 2 is 1.90 bits per heavy atom. The first-order valence-electron chi connectivity index (χ1n) is 7.31. The predicted molar refractivity (Wildman–Crippen MR) is 86.0 cm³/mol. The van der Waals surface area contributed by atoms with Crippen LogP contribution in [0.2, 0.25) is 0 Å². The molecule has 7 nitrogen and oxygen atoms in total. The van der Waals surface area contributed by atoms with Crippen molar-refractivity contribution < 1.29 is 10.2 Å². The fourth-order valence-electron chi connectivity index (χ4n) is 1.60. The molecule has 120 valence electrons. The number of aliphatic hydroxyl groups is 2. The van der Waals surface area contributed by atoms with Crippen LogP contribution >= 0.6 is 11.8 Å². The number of aromatic nitrogens is 3. The highest BCUT2D eigenvalue weighted by molar-refractivity contribution is 7.99. The minimum atomic E-state index is -0.768. The molecule has 0 bridgehead atoms. The molecule has 1 unspecified atom stereocenters. The first kappa shape index (κ1) is 17.9. The van der Waals surface area contributed by atoms with Crippen molar-refractivity contribution in [2.45, 2.75) is 38.5 Å². The number of hydrogen-bond donors (Lipinski definition) is 3. The molecule has 1 atom stereocenters. The summed E-state index contributed by atoms with van der Waals surface area (Å²) in [4.78, 5) is 15.2. The van der Waals surface area contributed by atoms with E-state index in [0.29, 0.717) is 22.8 Å². The van der Waals surface area contributed by atoms with Crippen molar-refractivity contribution in [1.82, 2.24) is 15.0 Å². The number of hydrogen-bond acceptors (Lipinski definition) is 8. The monoisotopic (exact) mass is 315 g/mol. The maximum Gasteiger partial charge on any atom is 0.231 e. The van der Waals surface area contributed by atoms with Crippen LogP contribution in [-0.4, -0.2) is 63.3 Å². The van der Waals surface area contributed by atoms with Crippen LogP contribution in [0.25, 0.3) is 0 Å². The second-order valence-corrected chi connectivity index (χ2v) is 5.48. The van der Waals surface area contributed by atoms with Gasteiger partial charge in [0.2, 0.25) is 11.9 Å². The Morgan fingerprint density at radius 3 is 2.48 bits per heavy atom. The highest BCUT2D eigenvalue weighted by atomic mass is 32.2. The standard InChI is InChI=1S/C13H25N5O2S/c1-4-7-14-11-15-12(18(5-2)6-3)17-13(16-11)21-9-10(20)8-19/h10,19-20H,4-9H2,1-3H3,(H,14,15,16,17). The molecule has 1 aromatic rings. The topological polar surface area (TPSA) is 94.4 Å². The third-order valence-electron chi connectivity index (χ3n) is 2.80. The van der Waals surface area contributed by atoms with E-state index >= 15 is 0 Å². The van der Waals surface area contributed by atoms with Gasteiger partial charge in [0, 0.05) is 25.4 Å². The first-order valence-corrected chi connectivity index (χ1v) is 8.29. The maximum atomic E-state index is 9.43.